The number of rotatable bonds is 7. The Bertz CT molecular complexity index is 1020. The molecule has 1 aromatic heterocycles. The van der Waals surface area contributed by atoms with Crippen LogP contribution >= 0.6 is 11.3 Å². The molecule has 0 radical (unpaired) electrons. The van der Waals surface area contributed by atoms with Crippen molar-refractivity contribution in [3.63, 3.8) is 0 Å². The molecule has 3 aromatic rings. The summed E-state index contributed by atoms with van der Waals surface area (Å²) in [5.74, 6) is -0.158. The first-order valence-electron chi connectivity index (χ1n) is 9.81. The first-order chi connectivity index (χ1) is 14.3. The van der Waals surface area contributed by atoms with Crippen LogP contribution in [0.3, 0.4) is 0 Å². The summed E-state index contributed by atoms with van der Waals surface area (Å²) >= 11 is 1.30. The average molecular weight is 424 g/mol. The second-order valence-corrected chi connectivity index (χ2v) is 8.20. The van der Waals surface area contributed by atoms with Crippen LogP contribution in [0.25, 0.3) is 11.1 Å². The number of nitrogens with one attached hydrogen (secondary N) is 1. The Morgan fingerprint density at radius 3 is 2.33 bits per heavy atom. The van der Waals surface area contributed by atoms with E-state index in [1.54, 1.807) is 38.1 Å². The minimum Gasteiger partial charge on any atom is -0.491 e. The molecule has 0 aliphatic heterocycles. The van der Waals surface area contributed by atoms with E-state index in [0.29, 0.717) is 21.9 Å². The van der Waals surface area contributed by atoms with Gasteiger partial charge in [0, 0.05) is 16.5 Å². The SMILES string of the molecule is CC(C)OC(=O)c1c(-c2ccccc2)csc1NC(=O)c1cccc(OC(C)C)c1. The Hall–Kier alpha value is -3.12. The van der Waals surface area contributed by atoms with Gasteiger partial charge in [0.15, 0.2) is 0 Å². The van der Waals surface area contributed by atoms with Crippen LogP contribution in [0.1, 0.15) is 48.4 Å². The third kappa shape index (κ3) is 5.27. The number of esters is 1. The predicted octanol–water partition coefficient (Wildman–Crippen LogP) is 6.02. The molecule has 3 rings (SSSR count). The van der Waals surface area contributed by atoms with Gasteiger partial charge in [-0.3, -0.25) is 4.79 Å². The molecule has 156 valence electrons. The van der Waals surface area contributed by atoms with Crippen LogP contribution in [0.15, 0.2) is 60.0 Å². The third-order valence-electron chi connectivity index (χ3n) is 4.12. The zero-order valence-electron chi connectivity index (χ0n) is 17.5. The van der Waals surface area contributed by atoms with E-state index in [9.17, 15) is 9.59 Å². The third-order valence-corrected chi connectivity index (χ3v) is 5.01. The van der Waals surface area contributed by atoms with Crippen molar-refractivity contribution in [1.29, 1.82) is 0 Å². The highest BCUT2D eigenvalue weighted by Crippen LogP contribution is 2.36. The molecule has 30 heavy (non-hydrogen) atoms. The van der Waals surface area contributed by atoms with E-state index in [1.807, 2.05) is 49.6 Å². The quantitative estimate of drug-likeness (QED) is 0.472. The Morgan fingerprint density at radius 1 is 0.933 bits per heavy atom. The van der Waals surface area contributed by atoms with Gasteiger partial charge in [0.05, 0.1) is 12.2 Å². The van der Waals surface area contributed by atoms with E-state index in [-0.39, 0.29) is 18.1 Å². The van der Waals surface area contributed by atoms with Crippen LogP contribution in [0.2, 0.25) is 0 Å². The molecule has 2 aromatic carbocycles. The van der Waals surface area contributed by atoms with Gasteiger partial charge in [-0.2, -0.15) is 0 Å². The van der Waals surface area contributed by atoms with Gasteiger partial charge in [0.25, 0.3) is 5.91 Å². The lowest BCUT2D eigenvalue weighted by Gasteiger charge is -2.13. The number of anilines is 1. The number of ether oxygens (including phenoxy) is 2. The smallest absolute Gasteiger partial charge is 0.342 e. The molecule has 0 bridgehead atoms. The Morgan fingerprint density at radius 2 is 1.67 bits per heavy atom. The summed E-state index contributed by atoms with van der Waals surface area (Å²) in [6.07, 6.45) is -0.263. The van der Waals surface area contributed by atoms with Gasteiger partial charge in [0.1, 0.15) is 16.3 Å². The highest BCUT2D eigenvalue weighted by Gasteiger charge is 2.24. The number of thiophene rings is 1. The minimum absolute atomic E-state index is 0.00597. The van der Waals surface area contributed by atoms with Gasteiger partial charge in [-0.15, -0.1) is 11.3 Å². The van der Waals surface area contributed by atoms with Gasteiger partial charge in [-0.25, -0.2) is 4.79 Å². The largest absolute Gasteiger partial charge is 0.491 e. The second-order valence-electron chi connectivity index (χ2n) is 7.32. The molecule has 0 saturated carbocycles. The van der Waals surface area contributed by atoms with Gasteiger partial charge in [-0.1, -0.05) is 36.4 Å². The maximum absolute atomic E-state index is 12.9. The number of carbonyl (C=O) groups excluding carboxylic acids is 2. The Labute approximate surface area is 180 Å². The molecule has 1 heterocycles. The summed E-state index contributed by atoms with van der Waals surface area (Å²) in [5, 5.41) is 5.19. The van der Waals surface area contributed by atoms with Gasteiger partial charge < -0.3 is 14.8 Å². The molecule has 1 amide bonds. The minimum atomic E-state index is -0.461. The molecule has 0 aliphatic carbocycles. The molecule has 0 atom stereocenters. The fourth-order valence-electron chi connectivity index (χ4n) is 2.91. The van der Waals surface area contributed by atoms with E-state index < -0.39 is 5.97 Å². The van der Waals surface area contributed by atoms with Crippen molar-refractivity contribution in [2.45, 2.75) is 39.9 Å². The van der Waals surface area contributed by atoms with E-state index in [1.165, 1.54) is 11.3 Å². The molecule has 5 nitrogen and oxygen atoms in total. The lowest BCUT2D eigenvalue weighted by molar-refractivity contribution is 0.0380. The molecule has 0 fully saturated rings. The highest BCUT2D eigenvalue weighted by molar-refractivity contribution is 7.15. The lowest BCUT2D eigenvalue weighted by atomic mass is 10.0. The fraction of sp³-hybridized carbons (Fsp3) is 0.250. The average Bonchev–Trinajstić information content (AvgIpc) is 3.11. The normalized spacial score (nSPS) is 10.9. The molecule has 0 spiro atoms. The molecular weight excluding hydrogens is 398 g/mol. The standard InChI is InChI=1S/C24H25NO4S/c1-15(2)28-19-12-8-11-18(13-19)22(26)25-23-21(24(27)29-16(3)4)20(14-30-23)17-9-6-5-7-10-17/h5-16H,1-4H3,(H,25,26). The molecular formula is C24H25NO4S. The topological polar surface area (TPSA) is 64.6 Å². The van der Waals surface area contributed by atoms with E-state index in [0.717, 1.165) is 11.1 Å². The van der Waals surface area contributed by atoms with Crippen molar-refractivity contribution in [2.75, 3.05) is 5.32 Å². The van der Waals surface area contributed by atoms with Crippen molar-refractivity contribution in [3.05, 3.63) is 71.1 Å². The van der Waals surface area contributed by atoms with Crippen LogP contribution in [-0.4, -0.2) is 24.1 Å². The van der Waals surface area contributed by atoms with E-state index in [4.69, 9.17) is 9.47 Å². The maximum atomic E-state index is 12.9. The summed E-state index contributed by atoms with van der Waals surface area (Å²) in [6.45, 7) is 7.45. The van der Waals surface area contributed by atoms with E-state index >= 15 is 0 Å². The lowest BCUT2D eigenvalue weighted by Crippen LogP contribution is -2.17. The molecule has 1 N–H and O–H groups in total. The summed E-state index contributed by atoms with van der Waals surface area (Å²) in [6, 6.07) is 16.5. The Kier molecular flexibility index (Phi) is 6.90. The summed E-state index contributed by atoms with van der Waals surface area (Å²) in [7, 11) is 0. The van der Waals surface area contributed by atoms with Crippen LogP contribution < -0.4 is 10.1 Å². The maximum Gasteiger partial charge on any atom is 0.342 e. The zero-order chi connectivity index (χ0) is 21.7. The molecule has 0 unspecified atom stereocenters. The van der Waals surface area contributed by atoms with Gasteiger partial charge in [0.2, 0.25) is 0 Å². The molecule has 6 heteroatoms. The van der Waals surface area contributed by atoms with Gasteiger partial charge in [-0.05, 0) is 51.5 Å². The number of hydrogen-bond acceptors (Lipinski definition) is 5. The Balaban J connectivity index is 1.93. The van der Waals surface area contributed by atoms with Crippen molar-refractivity contribution >= 4 is 28.2 Å². The molecule has 0 saturated heterocycles. The number of benzene rings is 2. The van der Waals surface area contributed by atoms with Crippen molar-refractivity contribution < 1.29 is 19.1 Å². The first-order valence-corrected chi connectivity index (χ1v) is 10.7. The predicted molar refractivity (Wildman–Crippen MR) is 120 cm³/mol. The van der Waals surface area contributed by atoms with Crippen LogP contribution in [-0.2, 0) is 4.74 Å². The monoisotopic (exact) mass is 423 g/mol. The summed E-state index contributed by atoms with van der Waals surface area (Å²) < 4.78 is 11.1. The highest BCUT2D eigenvalue weighted by atomic mass is 32.1. The summed E-state index contributed by atoms with van der Waals surface area (Å²) in [5.41, 5.74) is 2.43. The fourth-order valence-corrected chi connectivity index (χ4v) is 3.87. The van der Waals surface area contributed by atoms with Crippen LogP contribution in [0.4, 0.5) is 5.00 Å². The van der Waals surface area contributed by atoms with E-state index in [2.05, 4.69) is 5.32 Å². The van der Waals surface area contributed by atoms with Crippen molar-refractivity contribution in [3.8, 4) is 16.9 Å². The summed E-state index contributed by atoms with van der Waals surface area (Å²) in [4.78, 5) is 25.7. The van der Waals surface area contributed by atoms with Crippen molar-refractivity contribution in [1.82, 2.24) is 0 Å². The van der Waals surface area contributed by atoms with Crippen LogP contribution in [0, 0.1) is 0 Å². The number of amides is 1. The van der Waals surface area contributed by atoms with Crippen molar-refractivity contribution in [2.24, 2.45) is 0 Å². The molecule has 0 aliphatic rings. The zero-order valence-corrected chi connectivity index (χ0v) is 18.3. The second kappa shape index (κ2) is 9.59. The number of carbonyl (C=O) groups is 2. The number of hydrogen-bond donors (Lipinski definition) is 1. The van der Waals surface area contributed by atoms with Crippen LogP contribution in [0.5, 0.6) is 5.75 Å². The first kappa shape index (κ1) is 21.6. The van der Waals surface area contributed by atoms with Gasteiger partial charge >= 0.3 is 5.97 Å².